The van der Waals surface area contributed by atoms with Crippen molar-refractivity contribution in [2.24, 2.45) is 0 Å². The van der Waals surface area contributed by atoms with Gasteiger partial charge in [-0.25, -0.2) is 4.79 Å². The molecule has 2 aliphatic heterocycles. The van der Waals surface area contributed by atoms with Crippen LogP contribution in [0.1, 0.15) is 42.6 Å². The minimum Gasteiger partial charge on any atom is -0.445 e. The van der Waals surface area contributed by atoms with E-state index in [9.17, 15) is 9.90 Å². The van der Waals surface area contributed by atoms with Crippen molar-refractivity contribution < 1.29 is 14.6 Å². The van der Waals surface area contributed by atoms with E-state index in [0.717, 1.165) is 24.1 Å². The van der Waals surface area contributed by atoms with Crippen LogP contribution in [0.25, 0.3) is 0 Å². The van der Waals surface area contributed by atoms with Crippen LogP contribution in [0.3, 0.4) is 0 Å². The van der Waals surface area contributed by atoms with Crippen LogP contribution in [-0.2, 0) is 16.9 Å². The van der Waals surface area contributed by atoms with E-state index in [1.54, 1.807) is 0 Å². The Labute approximate surface area is 153 Å². The number of hydrogen-bond acceptors (Lipinski definition) is 4. The zero-order chi connectivity index (χ0) is 18.1. The number of nitrogens with zero attached hydrogens (tertiary/aromatic N) is 2. The minimum absolute atomic E-state index is 0.00401. The summed E-state index contributed by atoms with van der Waals surface area (Å²) < 4.78 is 5.53. The number of aryl methyl sites for hydroxylation is 1. The maximum Gasteiger partial charge on any atom is 0.410 e. The number of aliphatic hydroxyl groups is 1. The Morgan fingerprint density at radius 3 is 2.50 bits per heavy atom. The number of aromatic nitrogens is 1. The van der Waals surface area contributed by atoms with Crippen molar-refractivity contribution in [3.8, 4) is 0 Å². The van der Waals surface area contributed by atoms with E-state index in [0.29, 0.717) is 18.5 Å². The molecule has 1 aromatic heterocycles. The Balaban J connectivity index is 1.46. The first-order valence-corrected chi connectivity index (χ1v) is 9.21. The van der Waals surface area contributed by atoms with Crippen molar-refractivity contribution in [1.29, 1.82) is 0 Å². The summed E-state index contributed by atoms with van der Waals surface area (Å²) in [6.45, 7) is 2.21. The van der Waals surface area contributed by atoms with E-state index < -0.39 is 5.60 Å². The number of benzene rings is 1. The fraction of sp³-hybridized carbons (Fsp3) is 0.429. The normalized spacial score (nSPS) is 27.4. The molecule has 0 spiro atoms. The first kappa shape index (κ1) is 17.0. The fourth-order valence-electron chi connectivity index (χ4n) is 4.33. The molecule has 1 aromatic carbocycles. The van der Waals surface area contributed by atoms with Crippen LogP contribution >= 0.6 is 0 Å². The molecule has 4 rings (SSSR count). The van der Waals surface area contributed by atoms with Crippen molar-refractivity contribution in [3.05, 3.63) is 65.5 Å². The Bertz CT molecular complexity index is 779. The molecule has 1 amide bonds. The summed E-state index contributed by atoms with van der Waals surface area (Å²) in [4.78, 5) is 19.0. The van der Waals surface area contributed by atoms with Crippen LogP contribution in [0.2, 0.25) is 0 Å². The number of pyridine rings is 1. The SMILES string of the molecule is Cc1cccc(C2(O)CC3CCC(C2)N3C(=O)OCc2ccccc2)n1. The summed E-state index contributed by atoms with van der Waals surface area (Å²) >= 11 is 0. The van der Waals surface area contributed by atoms with Crippen molar-refractivity contribution in [3.63, 3.8) is 0 Å². The second-order valence-corrected chi connectivity index (χ2v) is 7.44. The van der Waals surface area contributed by atoms with Crippen LogP contribution in [0.15, 0.2) is 48.5 Å². The lowest BCUT2D eigenvalue weighted by Crippen LogP contribution is -2.52. The summed E-state index contributed by atoms with van der Waals surface area (Å²) in [6.07, 6.45) is 2.56. The smallest absolute Gasteiger partial charge is 0.410 e. The van der Waals surface area contributed by atoms with Crippen molar-refractivity contribution in [1.82, 2.24) is 9.88 Å². The number of ether oxygens (including phenoxy) is 1. The highest BCUT2D eigenvalue weighted by Gasteiger charge is 2.51. The van der Waals surface area contributed by atoms with Gasteiger partial charge in [0.1, 0.15) is 12.2 Å². The summed E-state index contributed by atoms with van der Waals surface area (Å²) in [6, 6.07) is 15.4. The molecule has 1 N–H and O–H groups in total. The predicted molar refractivity (Wildman–Crippen MR) is 97.4 cm³/mol. The molecule has 2 unspecified atom stereocenters. The maximum absolute atomic E-state index is 12.6. The van der Waals surface area contributed by atoms with E-state index in [-0.39, 0.29) is 24.8 Å². The van der Waals surface area contributed by atoms with Gasteiger partial charge in [-0.15, -0.1) is 0 Å². The fourth-order valence-corrected chi connectivity index (χ4v) is 4.33. The van der Waals surface area contributed by atoms with Gasteiger partial charge in [0.2, 0.25) is 0 Å². The Hall–Kier alpha value is -2.40. The molecular formula is C21H24N2O3. The standard InChI is InChI=1S/C21H24N2O3/c1-15-6-5-9-19(22-15)21(25)12-17-10-11-18(13-21)23(17)20(24)26-14-16-7-3-2-4-8-16/h2-9,17-18,25H,10-14H2,1H3. The molecule has 3 heterocycles. The molecule has 2 aliphatic rings. The van der Waals surface area contributed by atoms with Crippen LogP contribution in [-0.4, -0.2) is 33.2 Å². The van der Waals surface area contributed by atoms with Gasteiger partial charge in [-0.3, -0.25) is 4.98 Å². The summed E-state index contributed by atoms with van der Waals surface area (Å²) in [5, 5.41) is 11.2. The number of hydrogen-bond donors (Lipinski definition) is 1. The van der Waals surface area contributed by atoms with Crippen LogP contribution < -0.4 is 0 Å². The number of carbonyl (C=O) groups is 1. The van der Waals surface area contributed by atoms with Crippen molar-refractivity contribution in [2.75, 3.05) is 0 Å². The van der Waals surface area contributed by atoms with Gasteiger partial charge in [0.05, 0.1) is 5.69 Å². The first-order chi connectivity index (χ1) is 12.5. The van der Waals surface area contributed by atoms with Crippen LogP contribution in [0, 0.1) is 6.92 Å². The third-order valence-electron chi connectivity index (χ3n) is 5.55. The molecule has 136 valence electrons. The second kappa shape index (κ2) is 6.72. The highest BCUT2D eigenvalue weighted by atomic mass is 16.6. The van der Waals surface area contributed by atoms with Gasteiger partial charge >= 0.3 is 6.09 Å². The van der Waals surface area contributed by atoms with Gasteiger partial charge in [-0.05, 0) is 37.5 Å². The Morgan fingerprint density at radius 2 is 1.85 bits per heavy atom. The van der Waals surface area contributed by atoms with Gasteiger partial charge in [0.15, 0.2) is 0 Å². The van der Waals surface area contributed by atoms with E-state index in [1.165, 1.54) is 0 Å². The molecule has 2 fully saturated rings. The summed E-state index contributed by atoms with van der Waals surface area (Å²) in [5.41, 5.74) is 1.62. The van der Waals surface area contributed by atoms with E-state index in [1.807, 2.05) is 60.4 Å². The van der Waals surface area contributed by atoms with E-state index >= 15 is 0 Å². The molecule has 2 saturated heterocycles. The quantitative estimate of drug-likeness (QED) is 0.918. The highest BCUT2D eigenvalue weighted by Crippen LogP contribution is 2.45. The monoisotopic (exact) mass is 352 g/mol. The van der Waals surface area contributed by atoms with Gasteiger partial charge in [0, 0.05) is 30.6 Å². The molecular weight excluding hydrogens is 328 g/mol. The maximum atomic E-state index is 12.6. The Morgan fingerprint density at radius 1 is 1.15 bits per heavy atom. The average Bonchev–Trinajstić information content (AvgIpc) is 2.93. The Kier molecular flexibility index (Phi) is 4.41. The lowest BCUT2D eigenvalue weighted by molar-refractivity contribution is -0.0565. The lowest BCUT2D eigenvalue weighted by Gasteiger charge is -2.42. The molecule has 5 heteroatoms. The summed E-state index contributed by atoms with van der Waals surface area (Å²) in [7, 11) is 0. The zero-order valence-corrected chi connectivity index (χ0v) is 15.0. The zero-order valence-electron chi connectivity index (χ0n) is 15.0. The van der Waals surface area contributed by atoms with Crippen LogP contribution in [0.5, 0.6) is 0 Å². The molecule has 2 aromatic rings. The molecule has 0 radical (unpaired) electrons. The van der Waals surface area contributed by atoms with E-state index in [4.69, 9.17) is 4.74 Å². The third kappa shape index (κ3) is 3.19. The number of amides is 1. The molecule has 2 atom stereocenters. The molecule has 0 saturated carbocycles. The highest BCUT2D eigenvalue weighted by molar-refractivity contribution is 5.69. The molecule has 5 nitrogen and oxygen atoms in total. The van der Waals surface area contributed by atoms with Crippen molar-refractivity contribution in [2.45, 2.75) is 56.9 Å². The van der Waals surface area contributed by atoms with Gasteiger partial charge in [-0.2, -0.15) is 0 Å². The van der Waals surface area contributed by atoms with Crippen molar-refractivity contribution >= 4 is 6.09 Å². The number of rotatable bonds is 3. The second-order valence-electron chi connectivity index (χ2n) is 7.44. The summed E-state index contributed by atoms with van der Waals surface area (Å²) in [5.74, 6) is 0. The number of fused-ring (bicyclic) bond motifs is 2. The third-order valence-corrected chi connectivity index (χ3v) is 5.55. The van der Waals surface area contributed by atoms with Gasteiger partial charge < -0.3 is 14.7 Å². The molecule has 26 heavy (non-hydrogen) atoms. The molecule has 0 aliphatic carbocycles. The van der Waals surface area contributed by atoms with Gasteiger partial charge in [-0.1, -0.05) is 36.4 Å². The van der Waals surface area contributed by atoms with Crippen LogP contribution in [0.4, 0.5) is 4.79 Å². The topological polar surface area (TPSA) is 62.7 Å². The predicted octanol–water partition coefficient (Wildman–Crippen LogP) is 3.54. The number of carbonyl (C=O) groups excluding carboxylic acids is 1. The first-order valence-electron chi connectivity index (χ1n) is 9.21. The molecule has 2 bridgehead atoms. The van der Waals surface area contributed by atoms with E-state index in [2.05, 4.69) is 4.98 Å². The largest absolute Gasteiger partial charge is 0.445 e. The average molecular weight is 352 g/mol. The lowest BCUT2D eigenvalue weighted by atomic mass is 9.83. The minimum atomic E-state index is -0.964. The number of piperidine rings is 1. The van der Waals surface area contributed by atoms with Gasteiger partial charge in [0.25, 0.3) is 0 Å².